The number of fused-ring (bicyclic) bond motifs is 1. The number of hydrogen-bond acceptors (Lipinski definition) is 3. The van der Waals surface area contributed by atoms with Gasteiger partial charge in [-0.3, -0.25) is 4.98 Å². The molecule has 1 atom stereocenters. The second-order valence-corrected chi connectivity index (χ2v) is 4.56. The summed E-state index contributed by atoms with van der Waals surface area (Å²) in [6.45, 7) is 1.44. The van der Waals surface area contributed by atoms with Crippen LogP contribution in [0.4, 0.5) is 13.2 Å². The maximum atomic E-state index is 12.1. The fourth-order valence-corrected chi connectivity index (χ4v) is 1.87. The van der Waals surface area contributed by atoms with Gasteiger partial charge in [0.1, 0.15) is 12.4 Å². The van der Waals surface area contributed by atoms with E-state index in [1.165, 1.54) is 0 Å². The third kappa shape index (κ3) is 3.84. The Morgan fingerprint density at radius 2 is 2.00 bits per heavy atom. The summed E-state index contributed by atoms with van der Waals surface area (Å²) in [6.07, 6.45) is -7.27. The van der Waals surface area contributed by atoms with Gasteiger partial charge in [-0.05, 0) is 31.2 Å². The summed E-state index contributed by atoms with van der Waals surface area (Å²) in [6, 6.07) is 8.73. The van der Waals surface area contributed by atoms with Gasteiger partial charge in [0.15, 0.2) is 0 Å². The molecule has 6 heteroatoms. The van der Waals surface area contributed by atoms with Crippen molar-refractivity contribution in [3.8, 4) is 5.75 Å². The van der Waals surface area contributed by atoms with Crippen molar-refractivity contribution < 1.29 is 23.0 Å². The van der Waals surface area contributed by atoms with Gasteiger partial charge in [-0.2, -0.15) is 13.2 Å². The minimum atomic E-state index is -4.40. The smallest absolute Gasteiger partial charge is 0.391 e. The molecule has 1 aromatic carbocycles. The Morgan fingerprint density at radius 3 is 2.70 bits per heavy atom. The maximum absolute atomic E-state index is 12.1. The van der Waals surface area contributed by atoms with E-state index in [4.69, 9.17) is 4.74 Å². The maximum Gasteiger partial charge on any atom is 0.391 e. The fraction of sp³-hybridized carbons (Fsp3) is 0.357. The number of aryl methyl sites for hydroxylation is 1. The van der Waals surface area contributed by atoms with Crippen molar-refractivity contribution in [3.63, 3.8) is 0 Å². The van der Waals surface area contributed by atoms with Gasteiger partial charge in [-0.15, -0.1) is 0 Å². The van der Waals surface area contributed by atoms with E-state index in [0.717, 1.165) is 5.69 Å². The molecule has 0 radical (unpaired) electrons. The van der Waals surface area contributed by atoms with E-state index >= 15 is 0 Å². The Bertz CT molecular complexity index is 598. The molecule has 0 bridgehead atoms. The van der Waals surface area contributed by atoms with Crippen LogP contribution in [0.3, 0.4) is 0 Å². The molecule has 1 N–H and O–H groups in total. The molecule has 0 saturated carbocycles. The van der Waals surface area contributed by atoms with Crippen molar-refractivity contribution in [3.05, 3.63) is 36.0 Å². The number of pyridine rings is 1. The molecule has 2 rings (SSSR count). The molecule has 1 aromatic heterocycles. The van der Waals surface area contributed by atoms with Gasteiger partial charge in [-0.1, -0.05) is 6.07 Å². The zero-order chi connectivity index (χ0) is 14.8. The Kier molecular flexibility index (Phi) is 4.13. The number of aliphatic hydroxyl groups is 1. The number of ether oxygens (including phenoxy) is 1. The van der Waals surface area contributed by atoms with E-state index in [1.54, 1.807) is 30.3 Å². The predicted octanol–water partition coefficient (Wildman–Crippen LogP) is 3.24. The Balaban J connectivity index is 2.10. The molecular weight excluding hydrogens is 271 g/mol. The monoisotopic (exact) mass is 285 g/mol. The number of alkyl halides is 3. The normalized spacial score (nSPS) is 13.4. The minimum absolute atomic E-state index is 0.410. The molecule has 1 heterocycles. The van der Waals surface area contributed by atoms with Crippen LogP contribution in [0, 0.1) is 6.92 Å². The van der Waals surface area contributed by atoms with Gasteiger partial charge < -0.3 is 9.84 Å². The van der Waals surface area contributed by atoms with Gasteiger partial charge in [0.25, 0.3) is 0 Å². The summed E-state index contributed by atoms with van der Waals surface area (Å²) in [4.78, 5) is 4.30. The van der Waals surface area contributed by atoms with Crippen LogP contribution in [0.25, 0.3) is 10.9 Å². The minimum Gasteiger partial charge on any atom is -0.490 e. The summed E-state index contributed by atoms with van der Waals surface area (Å²) >= 11 is 0. The quantitative estimate of drug-likeness (QED) is 0.937. The molecule has 20 heavy (non-hydrogen) atoms. The molecule has 0 aliphatic rings. The van der Waals surface area contributed by atoms with Gasteiger partial charge in [-0.25, -0.2) is 0 Å². The van der Waals surface area contributed by atoms with Crippen LogP contribution in [0.2, 0.25) is 0 Å². The van der Waals surface area contributed by atoms with Gasteiger partial charge >= 0.3 is 6.18 Å². The lowest BCUT2D eigenvalue weighted by molar-refractivity contribution is -0.156. The van der Waals surface area contributed by atoms with Crippen molar-refractivity contribution in [2.75, 3.05) is 6.61 Å². The van der Waals surface area contributed by atoms with Crippen LogP contribution in [-0.4, -0.2) is 29.0 Å². The lowest BCUT2D eigenvalue weighted by atomic mass is 10.2. The van der Waals surface area contributed by atoms with Crippen LogP contribution in [-0.2, 0) is 0 Å². The molecule has 0 unspecified atom stereocenters. The summed E-state index contributed by atoms with van der Waals surface area (Å²) in [5, 5.41) is 10.0. The molecule has 0 spiro atoms. The first-order valence-electron chi connectivity index (χ1n) is 6.09. The van der Waals surface area contributed by atoms with Crippen molar-refractivity contribution in [1.82, 2.24) is 4.98 Å². The summed E-state index contributed by atoms with van der Waals surface area (Å²) in [7, 11) is 0. The van der Waals surface area contributed by atoms with E-state index in [-0.39, 0.29) is 0 Å². The lowest BCUT2D eigenvalue weighted by Crippen LogP contribution is -2.25. The van der Waals surface area contributed by atoms with Crippen LogP contribution < -0.4 is 4.74 Å². The largest absolute Gasteiger partial charge is 0.490 e. The van der Waals surface area contributed by atoms with E-state index in [0.29, 0.717) is 16.7 Å². The Hall–Kier alpha value is -1.82. The second-order valence-electron chi connectivity index (χ2n) is 4.56. The zero-order valence-electron chi connectivity index (χ0n) is 10.8. The topological polar surface area (TPSA) is 42.4 Å². The fourth-order valence-electron chi connectivity index (χ4n) is 1.87. The van der Waals surface area contributed by atoms with Crippen LogP contribution in [0.1, 0.15) is 12.1 Å². The van der Waals surface area contributed by atoms with Crippen molar-refractivity contribution >= 4 is 10.9 Å². The SMILES string of the molecule is Cc1ccc2c(OC[C@H](O)CC(F)(F)F)cccc2n1. The van der Waals surface area contributed by atoms with Gasteiger partial charge in [0, 0.05) is 11.1 Å². The lowest BCUT2D eigenvalue weighted by Gasteiger charge is -2.15. The van der Waals surface area contributed by atoms with Crippen molar-refractivity contribution in [1.29, 1.82) is 0 Å². The number of aliphatic hydroxyl groups excluding tert-OH is 1. The third-order valence-electron chi connectivity index (χ3n) is 2.73. The van der Waals surface area contributed by atoms with Crippen molar-refractivity contribution in [2.45, 2.75) is 25.6 Å². The summed E-state index contributed by atoms with van der Waals surface area (Å²) in [5.41, 5.74) is 1.54. The number of nitrogens with zero attached hydrogens (tertiary/aromatic N) is 1. The molecule has 0 aliphatic heterocycles. The van der Waals surface area contributed by atoms with Crippen molar-refractivity contribution in [2.24, 2.45) is 0 Å². The first-order chi connectivity index (χ1) is 9.35. The highest BCUT2D eigenvalue weighted by Crippen LogP contribution is 2.26. The second kappa shape index (κ2) is 5.66. The number of hydrogen-bond donors (Lipinski definition) is 1. The highest BCUT2D eigenvalue weighted by molar-refractivity contribution is 5.85. The number of rotatable bonds is 4. The third-order valence-corrected chi connectivity index (χ3v) is 2.73. The number of aromatic nitrogens is 1. The first kappa shape index (κ1) is 14.6. The van der Waals surface area contributed by atoms with E-state index < -0.39 is 25.3 Å². The average Bonchev–Trinajstić information content (AvgIpc) is 2.33. The van der Waals surface area contributed by atoms with Crippen LogP contribution in [0.15, 0.2) is 30.3 Å². The molecule has 3 nitrogen and oxygen atoms in total. The van der Waals surface area contributed by atoms with Crippen LogP contribution >= 0.6 is 0 Å². The van der Waals surface area contributed by atoms with Gasteiger partial charge in [0.2, 0.25) is 0 Å². The molecule has 108 valence electrons. The summed E-state index contributed by atoms with van der Waals surface area (Å²) < 4.78 is 41.6. The molecular formula is C14H14F3NO2. The van der Waals surface area contributed by atoms with Crippen LogP contribution in [0.5, 0.6) is 5.75 Å². The molecule has 2 aromatic rings. The van der Waals surface area contributed by atoms with E-state index in [9.17, 15) is 18.3 Å². The summed E-state index contributed by atoms with van der Waals surface area (Å²) in [5.74, 6) is 0.413. The highest BCUT2D eigenvalue weighted by Gasteiger charge is 2.31. The standard InChI is InChI=1S/C14H14F3NO2/c1-9-5-6-11-12(18-9)3-2-4-13(11)20-8-10(19)7-14(15,16)17/h2-6,10,19H,7-8H2,1H3/t10-/m1/s1. The van der Waals surface area contributed by atoms with Gasteiger partial charge in [0.05, 0.1) is 18.0 Å². The molecule has 0 saturated heterocycles. The molecule has 0 amide bonds. The zero-order valence-corrected chi connectivity index (χ0v) is 10.8. The van der Waals surface area contributed by atoms with E-state index in [2.05, 4.69) is 4.98 Å². The number of halogens is 3. The predicted molar refractivity (Wildman–Crippen MR) is 68.7 cm³/mol. The Labute approximate surface area is 114 Å². The van der Waals surface area contributed by atoms with E-state index in [1.807, 2.05) is 6.92 Å². The molecule has 0 aliphatic carbocycles. The first-order valence-corrected chi connectivity index (χ1v) is 6.09. The highest BCUT2D eigenvalue weighted by atomic mass is 19.4. The average molecular weight is 285 g/mol. The Morgan fingerprint density at radius 1 is 1.25 bits per heavy atom. The molecule has 0 fully saturated rings. The number of benzene rings is 1.